The Morgan fingerprint density at radius 3 is 3.00 bits per heavy atom. The van der Waals surface area contributed by atoms with Crippen LogP contribution in [0.5, 0.6) is 5.75 Å². The highest BCUT2D eigenvalue weighted by atomic mass is 16.6. The number of benzene rings is 1. The van der Waals surface area contributed by atoms with Gasteiger partial charge in [-0.05, 0) is 31.7 Å². The van der Waals surface area contributed by atoms with Crippen molar-refractivity contribution in [1.29, 1.82) is 0 Å². The van der Waals surface area contributed by atoms with Gasteiger partial charge in [0.15, 0.2) is 0 Å². The van der Waals surface area contributed by atoms with Crippen molar-refractivity contribution in [1.82, 2.24) is 4.90 Å². The SMILES string of the molecule is CCOC[C@@H]1CCCN(C(=O)c2cccc([N+](=O)[O-])c2O)C1. The van der Waals surface area contributed by atoms with E-state index in [1.165, 1.54) is 18.2 Å². The molecule has 1 aromatic rings. The van der Waals surface area contributed by atoms with Crippen LogP contribution in [-0.4, -0.2) is 47.1 Å². The fraction of sp³-hybridized carbons (Fsp3) is 0.533. The Morgan fingerprint density at radius 2 is 2.32 bits per heavy atom. The van der Waals surface area contributed by atoms with Gasteiger partial charge >= 0.3 is 5.69 Å². The molecule has 1 fully saturated rings. The Hall–Kier alpha value is -2.15. The van der Waals surface area contributed by atoms with Gasteiger partial charge in [-0.15, -0.1) is 0 Å². The van der Waals surface area contributed by atoms with Crippen LogP contribution in [0.25, 0.3) is 0 Å². The normalized spacial score (nSPS) is 18.2. The molecule has 0 bridgehead atoms. The Labute approximate surface area is 128 Å². The fourth-order valence-electron chi connectivity index (χ4n) is 2.69. The molecule has 2 rings (SSSR count). The molecule has 1 aliphatic heterocycles. The molecule has 1 heterocycles. The number of nitro benzene ring substituents is 1. The molecule has 0 spiro atoms. The number of carbonyl (C=O) groups excluding carboxylic acids is 1. The Kier molecular flexibility index (Phi) is 5.32. The lowest BCUT2D eigenvalue weighted by Gasteiger charge is -2.32. The average Bonchev–Trinajstić information content (AvgIpc) is 2.52. The Bertz CT molecular complexity index is 561. The molecule has 7 heteroatoms. The van der Waals surface area contributed by atoms with E-state index in [2.05, 4.69) is 0 Å². The zero-order valence-corrected chi connectivity index (χ0v) is 12.5. The summed E-state index contributed by atoms with van der Waals surface area (Å²) in [5, 5.41) is 20.8. The summed E-state index contributed by atoms with van der Waals surface area (Å²) >= 11 is 0. The van der Waals surface area contributed by atoms with Gasteiger partial charge in [-0.2, -0.15) is 0 Å². The number of hydrogen-bond donors (Lipinski definition) is 1. The van der Waals surface area contributed by atoms with Crippen molar-refractivity contribution in [2.75, 3.05) is 26.3 Å². The molecule has 120 valence electrons. The maximum atomic E-state index is 12.5. The quantitative estimate of drug-likeness (QED) is 0.665. The highest BCUT2D eigenvalue weighted by Crippen LogP contribution is 2.31. The van der Waals surface area contributed by atoms with Gasteiger partial charge in [0.05, 0.1) is 17.1 Å². The first-order valence-corrected chi connectivity index (χ1v) is 7.38. The number of para-hydroxylation sites is 1. The second kappa shape index (κ2) is 7.22. The number of piperidine rings is 1. The zero-order chi connectivity index (χ0) is 16.1. The molecule has 1 N–H and O–H groups in total. The molecular formula is C15H20N2O5. The first kappa shape index (κ1) is 16.2. The van der Waals surface area contributed by atoms with E-state index in [9.17, 15) is 20.0 Å². The summed E-state index contributed by atoms with van der Waals surface area (Å²) in [7, 11) is 0. The molecule has 1 amide bonds. The summed E-state index contributed by atoms with van der Waals surface area (Å²) in [6, 6.07) is 4.00. The highest BCUT2D eigenvalue weighted by Gasteiger charge is 2.28. The van der Waals surface area contributed by atoms with Gasteiger partial charge in [-0.3, -0.25) is 14.9 Å². The van der Waals surface area contributed by atoms with Gasteiger partial charge < -0.3 is 14.7 Å². The smallest absolute Gasteiger partial charge is 0.311 e. The standard InChI is InChI=1S/C15H20N2O5/c1-2-22-10-11-5-4-8-16(9-11)15(19)12-6-3-7-13(14(12)18)17(20)21/h3,6-7,11,18H,2,4-5,8-10H2,1H3/t11-/m1/s1. The molecule has 1 saturated heterocycles. The molecular weight excluding hydrogens is 288 g/mol. The minimum absolute atomic E-state index is 0.0220. The van der Waals surface area contributed by atoms with Crippen LogP contribution in [0.2, 0.25) is 0 Å². The summed E-state index contributed by atoms with van der Waals surface area (Å²) in [5.74, 6) is -0.676. The summed E-state index contributed by atoms with van der Waals surface area (Å²) in [4.78, 5) is 24.3. The molecule has 0 saturated carbocycles. The predicted molar refractivity (Wildman–Crippen MR) is 79.9 cm³/mol. The van der Waals surface area contributed by atoms with Crippen LogP contribution in [0.4, 0.5) is 5.69 Å². The second-order valence-electron chi connectivity index (χ2n) is 5.35. The second-order valence-corrected chi connectivity index (χ2v) is 5.35. The lowest BCUT2D eigenvalue weighted by molar-refractivity contribution is -0.385. The first-order chi connectivity index (χ1) is 10.5. The van der Waals surface area contributed by atoms with Crippen molar-refractivity contribution in [2.24, 2.45) is 5.92 Å². The number of amides is 1. The van der Waals surface area contributed by atoms with Crippen LogP contribution < -0.4 is 0 Å². The van der Waals surface area contributed by atoms with E-state index in [0.717, 1.165) is 12.8 Å². The van der Waals surface area contributed by atoms with Crippen molar-refractivity contribution in [3.8, 4) is 5.75 Å². The number of likely N-dealkylation sites (tertiary alicyclic amines) is 1. The molecule has 0 aromatic heterocycles. The summed E-state index contributed by atoms with van der Waals surface area (Å²) in [5.41, 5.74) is -0.472. The Balaban J connectivity index is 2.14. The highest BCUT2D eigenvalue weighted by molar-refractivity contribution is 5.98. The third kappa shape index (κ3) is 3.54. The van der Waals surface area contributed by atoms with Gasteiger partial charge in [0.2, 0.25) is 5.75 Å². The van der Waals surface area contributed by atoms with Gasteiger partial charge in [0, 0.05) is 25.8 Å². The van der Waals surface area contributed by atoms with Gasteiger partial charge in [0.1, 0.15) is 0 Å². The fourth-order valence-corrected chi connectivity index (χ4v) is 2.69. The van der Waals surface area contributed by atoms with Crippen LogP contribution in [0.3, 0.4) is 0 Å². The molecule has 22 heavy (non-hydrogen) atoms. The molecule has 0 aliphatic carbocycles. The lowest BCUT2D eigenvalue weighted by Crippen LogP contribution is -2.41. The van der Waals surface area contributed by atoms with E-state index in [1.54, 1.807) is 4.90 Å². The minimum atomic E-state index is -0.694. The number of aromatic hydroxyl groups is 1. The molecule has 1 aromatic carbocycles. The number of phenolic OH excluding ortho intramolecular Hbond substituents is 1. The largest absolute Gasteiger partial charge is 0.502 e. The van der Waals surface area contributed by atoms with Crippen molar-refractivity contribution < 1.29 is 19.6 Å². The minimum Gasteiger partial charge on any atom is -0.502 e. The number of hydrogen-bond acceptors (Lipinski definition) is 5. The van der Waals surface area contributed by atoms with Gasteiger partial charge in [-0.25, -0.2) is 0 Å². The Morgan fingerprint density at radius 1 is 1.55 bits per heavy atom. The molecule has 1 atom stereocenters. The number of phenols is 1. The van der Waals surface area contributed by atoms with Gasteiger partial charge in [-0.1, -0.05) is 6.07 Å². The molecule has 0 radical (unpaired) electrons. The van der Waals surface area contributed by atoms with Crippen LogP contribution in [-0.2, 0) is 4.74 Å². The summed E-state index contributed by atoms with van der Waals surface area (Å²) in [6.07, 6.45) is 1.85. The maximum Gasteiger partial charge on any atom is 0.311 e. The number of nitro groups is 1. The average molecular weight is 308 g/mol. The van der Waals surface area contributed by atoms with Crippen molar-refractivity contribution in [3.05, 3.63) is 33.9 Å². The van der Waals surface area contributed by atoms with E-state index in [1.807, 2.05) is 6.92 Å². The monoisotopic (exact) mass is 308 g/mol. The van der Waals surface area contributed by atoms with Crippen LogP contribution in [0, 0.1) is 16.0 Å². The number of nitrogens with zero attached hydrogens (tertiary/aromatic N) is 2. The van der Waals surface area contributed by atoms with Crippen LogP contribution in [0.15, 0.2) is 18.2 Å². The van der Waals surface area contributed by atoms with E-state index < -0.39 is 16.4 Å². The first-order valence-electron chi connectivity index (χ1n) is 7.38. The molecule has 7 nitrogen and oxygen atoms in total. The van der Waals surface area contributed by atoms with E-state index in [-0.39, 0.29) is 17.4 Å². The number of ether oxygens (including phenoxy) is 1. The van der Waals surface area contributed by atoms with Crippen molar-refractivity contribution >= 4 is 11.6 Å². The number of carbonyl (C=O) groups is 1. The predicted octanol–water partition coefficient (Wildman–Crippen LogP) is 2.19. The van der Waals surface area contributed by atoms with E-state index >= 15 is 0 Å². The lowest BCUT2D eigenvalue weighted by atomic mass is 9.98. The topological polar surface area (TPSA) is 92.9 Å². The van der Waals surface area contributed by atoms with Crippen LogP contribution in [0.1, 0.15) is 30.1 Å². The number of rotatable bonds is 5. The van der Waals surface area contributed by atoms with Crippen molar-refractivity contribution in [2.45, 2.75) is 19.8 Å². The molecule has 1 aliphatic rings. The summed E-state index contributed by atoms with van der Waals surface area (Å²) in [6.45, 7) is 4.29. The third-order valence-electron chi connectivity index (χ3n) is 3.81. The third-order valence-corrected chi connectivity index (χ3v) is 3.81. The van der Waals surface area contributed by atoms with E-state index in [4.69, 9.17) is 4.74 Å². The zero-order valence-electron chi connectivity index (χ0n) is 12.5. The maximum absolute atomic E-state index is 12.5. The summed E-state index contributed by atoms with van der Waals surface area (Å²) < 4.78 is 5.40. The van der Waals surface area contributed by atoms with Crippen LogP contribution >= 0.6 is 0 Å². The van der Waals surface area contributed by atoms with E-state index in [0.29, 0.717) is 26.3 Å². The van der Waals surface area contributed by atoms with Crippen molar-refractivity contribution in [3.63, 3.8) is 0 Å². The van der Waals surface area contributed by atoms with Gasteiger partial charge in [0.25, 0.3) is 5.91 Å². The molecule has 0 unspecified atom stereocenters.